The molecule has 1 fully saturated rings. The normalized spacial score (nSPS) is 18.9. The fraction of sp³-hybridized carbons (Fsp3) is 0.320. The van der Waals surface area contributed by atoms with Crippen molar-refractivity contribution < 1.29 is 4.74 Å². The van der Waals surface area contributed by atoms with Crippen LogP contribution in [-0.4, -0.2) is 25.8 Å². The Balaban J connectivity index is 1.64. The second kappa shape index (κ2) is 8.19. The Kier molecular flexibility index (Phi) is 5.35. The topological polar surface area (TPSA) is 61.4 Å². The van der Waals surface area contributed by atoms with Gasteiger partial charge in [0.25, 0.3) is 5.56 Å². The predicted molar refractivity (Wildman–Crippen MR) is 125 cm³/mol. The van der Waals surface area contributed by atoms with Crippen molar-refractivity contribution in [1.82, 2.24) is 19.2 Å². The standard InChI is InChI=1S/C25H25ClN4O2/c1-15-16(2)28-24-22(17-4-6-21(26)7-5-17)10-19(14-30(24)25(15)31)18-8-9-32-23(11-18)20-12-27-29(3)13-20/h4-7,10,12-14,18,23H,8-9,11H2,1-3H3/t18-,23+/m0/s1. The molecule has 2 atom stereocenters. The first kappa shape index (κ1) is 20.9. The molecule has 0 bridgehead atoms. The number of ether oxygens (including phenoxy) is 1. The molecule has 0 saturated carbocycles. The highest BCUT2D eigenvalue weighted by molar-refractivity contribution is 6.30. The van der Waals surface area contributed by atoms with Gasteiger partial charge in [-0.15, -0.1) is 0 Å². The third-order valence-electron chi connectivity index (χ3n) is 6.42. The van der Waals surface area contributed by atoms with E-state index in [2.05, 4.69) is 11.2 Å². The number of halogens is 1. The highest BCUT2D eigenvalue weighted by Crippen LogP contribution is 2.39. The summed E-state index contributed by atoms with van der Waals surface area (Å²) in [5, 5.41) is 4.97. The van der Waals surface area contributed by atoms with Gasteiger partial charge in [0.05, 0.1) is 12.3 Å². The summed E-state index contributed by atoms with van der Waals surface area (Å²) in [5.74, 6) is 0.262. The van der Waals surface area contributed by atoms with Gasteiger partial charge in [0, 0.05) is 53.5 Å². The van der Waals surface area contributed by atoms with E-state index in [1.54, 1.807) is 9.08 Å². The molecular formula is C25H25ClN4O2. The highest BCUT2D eigenvalue weighted by atomic mass is 35.5. The Hall–Kier alpha value is -2.96. The van der Waals surface area contributed by atoms with Crippen molar-refractivity contribution in [2.75, 3.05) is 6.61 Å². The fourth-order valence-corrected chi connectivity index (χ4v) is 4.58. The molecule has 0 spiro atoms. The molecule has 0 unspecified atom stereocenters. The van der Waals surface area contributed by atoms with Crippen LogP contribution in [0.2, 0.25) is 5.02 Å². The minimum Gasteiger partial charge on any atom is -0.373 e. The third kappa shape index (κ3) is 3.74. The van der Waals surface area contributed by atoms with Gasteiger partial charge < -0.3 is 4.74 Å². The van der Waals surface area contributed by atoms with Crippen LogP contribution >= 0.6 is 11.6 Å². The Morgan fingerprint density at radius 3 is 2.62 bits per heavy atom. The maximum Gasteiger partial charge on any atom is 0.261 e. The molecular weight excluding hydrogens is 424 g/mol. The number of rotatable bonds is 3. The summed E-state index contributed by atoms with van der Waals surface area (Å²) < 4.78 is 9.56. The van der Waals surface area contributed by atoms with E-state index in [1.165, 1.54) is 0 Å². The van der Waals surface area contributed by atoms with Gasteiger partial charge in [-0.3, -0.25) is 13.9 Å². The Morgan fingerprint density at radius 2 is 1.91 bits per heavy atom. The maximum absolute atomic E-state index is 13.2. The van der Waals surface area contributed by atoms with Crippen LogP contribution in [0.3, 0.4) is 0 Å². The molecule has 0 amide bonds. The zero-order valence-electron chi connectivity index (χ0n) is 18.4. The van der Waals surface area contributed by atoms with Crippen molar-refractivity contribution in [3.8, 4) is 11.1 Å². The zero-order chi connectivity index (χ0) is 22.4. The Labute approximate surface area is 191 Å². The quantitative estimate of drug-likeness (QED) is 0.442. The van der Waals surface area contributed by atoms with Gasteiger partial charge in [0.2, 0.25) is 0 Å². The van der Waals surface area contributed by atoms with E-state index in [-0.39, 0.29) is 17.6 Å². The number of nitrogens with zero attached hydrogens (tertiary/aromatic N) is 4. The van der Waals surface area contributed by atoms with Crippen LogP contribution in [0.15, 0.2) is 53.7 Å². The van der Waals surface area contributed by atoms with Gasteiger partial charge in [-0.2, -0.15) is 5.10 Å². The summed E-state index contributed by atoms with van der Waals surface area (Å²) in [6.45, 7) is 4.38. The second-order valence-corrected chi connectivity index (χ2v) is 8.98. The van der Waals surface area contributed by atoms with E-state index in [9.17, 15) is 4.79 Å². The van der Waals surface area contributed by atoms with Crippen LogP contribution in [0.25, 0.3) is 16.8 Å². The van der Waals surface area contributed by atoms with Gasteiger partial charge in [0.1, 0.15) is 5.65 Å². The molecule has 0 N–H and O–H groups in total. The minimum atomic E-state index is -0.0274. The highest BCUT2D eigenvalue weighted by Gasteiger charge is 2.27. The van der Waals surface area contributed by atoms with Crippen molar-refractivity contribution in [1.29, 1.82) is 0 Å². The Bertz CT molecular complexity index is 1360. The maximum atomic E-state index is 13.2. The molecule has 4 heterocycles. The van der Waals surface area contributed by atoms with Gasteiger partial charge in [-0.05, 0) is 61.9 Å². The van der Waals surface area contributed by atoms with Crippen LogP contribution in [-0.2, 0) is 11.8 Å². The number of aromatic nitrogens is 4. The molecule has 32 heavy (non-hydrogen) atoms. The molecule has 1 aliphatic heterocycles. The van der Waals surface area contributed by atoms with Crippen LogP contribution in [0, 0.1) is 13.8 Å². The monoisotopic (exact) mass is 448 g/mol. The molecule has 1 aromatic carbocycles. The average molecular weight is 449 g/mol. The summed E-state index contributed by atoms with van der Waals surface area (Å²) in [5.41, 5.74) is 6.18. The summed E-state index contributed by atoms with van der Waals surface area (Å²) in [6, 6.07) is 9.87. The van der Waals surface area contributed by atoms with E-state index < -0.39 is 0 Å². The van der Waals surface area contributed by atoms with Crippen molar-refractivity contribution in [2.24, 2.45) is 7.05 Å². The number of hydrogen-bond donors (Lipinski definition) is 0. The van der Waals surface area contributed by atoms with Gasteiger partial charge in [-0.1, -0.05) is 23.7 Å². The molecule has 1 aliphatic rings. The molecule has 3 aromatic heterocycles. The second-order valence-electron chi connectivity index (χ2n) is 8.54. The molecule has 4 aromatic rings. The first-order chi connectivity index (χ1) is 15.4. The van der Waals surface area contributed by atoms with Gasteiger partial charge >= 0.3 is 0 Å². The number of hydrogen-bond acceptors (Lipinski definition) is 4. The van der Waals surface area contributed by atoms with Gasteiger partial charge in [0.15, 0.2) is 0 Å². The largest absolute Gasteiger partial charge is 0.373 e. The lowest BCUT2D eigenvalue weighted by Crippen LogP contribution is -2.22. The van der Waals surface area contributed by atoms with Crippen molar-refractivity contribution in [3.63, 3.8) is 0 Å². The molecule has 6 nitrogen and oxygen atoms in total. The molecule has 0 aliphatic carbocycles. The van der Waals surface area contributed by atoms with Crippen LogP contribution < -0.4 is 5.56 Å². The Morgan fingerprint density at radius 1 is 1.12 bits per heavy atom. The SMILES string of the molecule is Cc1nc2c(-c3ccc(Cl)cc3)cc([C@H]3CCO[C@@H](c4cnn(C)c4)C3)cn2c(=O)c1C. The van der Waals surface area contributed by atoms with Crippen LogP contribution in [0.1, 0.15) is 47.2 Å². The first-order valence-corrected chi connectivity index (χ1v) is 11.2. The first-order valence-electron chi connectivity index (χ1n) is 10.8. The average Bonchev–Trinajstić information content (AvgIpc) is 3.24. The molecule has 0 radical (unpaired) electrons. The molecule has 164 valence electrons. The summed E-state index contributed by atoms with van der Waals surface area (Å²) in [6.07, 6.45) is 7.57. The molecule has 5 rings (SSSR count). The van der Waals surface area contributed by atoms with E-state index in [1.807, 2.05) is 63.8 Å². The number of aryl methyl sites for hydroxylation is 2. The lowest BCUT2D eigenvalue weighted by atomic mass is 9.86. The molecule has 1 saturated heterocycles. The minimum absolute atomic E-state index is 0.00766. The summed E-state index contributed by atoms with van der Waals surface area (Å²) in [4.78, 5) is 18.0. The molecule has 7 heteroatoms. The van der Waals surface area contributed by atoms with E-state index in [0.717, 1.165) is 40.8 Å². The fourth-order valence-electron chi connectivity index (χ4n) is 4.46. The van der Waals surface area contributed by atoms with E-state index >= 15 is 0 Å². The van der Waals surface area contributed by atoms with E-state index in [0.29, 0.717) is 22.8 Å². The summed E-state index contributed by atoms with van der Waals surface area (Å²) in [7, 11) is 1.91. The third-order valence-corrected chi connectivity index (χ3v) is 6.67. The van der Waals surface area contributed by atoms with Crippen molar-refractivity contribution >= 4 is 17.2 Å². The predicted octanol–water partition coefficient (Wildman–Crippen LogP) is 5.00. The van der Waals surface area contributed by atoms with Gasteiger partial charge in [-0.25, -0.2) is 4.98 Å². The lowest BCUT2D eigenvalue weighted by Gasteiger charge is -2.30. The lowest BCUT2D eigenvalue weighted by molar-refractivity contribution is 0.00518. The number of fused-ring (bicyclic) bond motifs is 1. The zero-order valence-corrected chi connectivity index (χ0v) is 19.1. The van der Waals surface area contributed by atoms with Crippen LogP contribution in [0.5, 0.6) is 0 Å². The van der Waals surface area contributed by atoms with Crippen molar-refractivity contribution in [3.05, 3.63) is 86.7 Å². The van der Waals surface area contributed by atoms with E-state index in [4.69, 9.17) is 21.3 Å². The van der Waals surface area contributed by atoms with Crippen LogP contribution in [0.4, 0.5) is 0 Å². The number of benzene rings is 1. The van der Waals surface area contributed by atoms with Crippen molar-refractivity contribution in [2.45, 2.75) is 38.7 Å². The smallest absolute Gasteiger partial charge is 0.261 e. The summed E-state index contributed by atoms with van der Waals surface area (Å²) >= 11 is 6.13. The number of pyridine rings is 1.